The number of amides is 2. The van der Waals surface area contributed by atoms with Gasteiger partial charge in [-0.1, -0.05) is 19.9 Å². The summed E-state index contributed by atoms with van der Waals surface area (Å²) in [4.78, 5) is 24.8. The van der Waals surface area contributed by atoms with Crippen LogP contribution in [0.2, 0.25) is 0 Å². The largest absolute Gasteiger partial charge is 0.368 e. The minimum absolute atomic E-state index is 0.108. The average molecular weight is 296 g/mol. The van der Waals surface area contributed by atoms with Crippen LogP contribution >= 0.6 is 11.3 Å². The van der Waals surface area contributed by atoms with E-state index in [2.05, 4.69) is 11.4 Å². The minimum atomic E-state index is -0.950. The van der Waals surface area contributed by atoms with Gasteiger partial charge in [0.2, 0.25) is 11.8 Å². The Kier molecular flexibility index (Phi) is 6.20. The van der Waals surface area contributed by atoms with Crippen LogP contribution in [0.5, 0.6) is 0 Å². The summed E-state index contributed by atoms with van der Waals surface area (Å²) in [6, 6.07) is 4.07. The van der Waals surface area contributed by atoms with Crippen molar-refractivity contribution in [2.24, 2.45) is 11.7 Å². The van der Waals surface area contributed by atoms with Crippen LogP contribution in [0.15, 0.2) is 17.5 Å². The van der Waals surface area contributed by atoms with E-state index in [0.717, 1.165) is 12.8 Å². The second-order valence-electron chi connectivity index (χ2n) is 5.78. The van der Waals surface area contributed by atoms with Gasteiger partial charge in [0.1, 0.15) is 5.54 Å². The maximum Gasteiger partial charge on any atom is 0.242 e. The van der Waals surface area contributed by atoms with Gasteiger partial charge < -0.3 is 11.1 Å². The number of hydrogen-bond donors (Lipinski definition) is 2. The van der Waals surface area contributed by atoms with E-state index in [1.54, 1.807) is 18.3 Å². The van der Waals surface area contributed by atoms with E-state index >= 15 is 0 Å². The number of rotatable bonds is 8. The van der Waals surface area contributed by atoms with Gasteiger partial charge in [0.05, 0.1) is 0 Å². The Hall–Kier alpha value is -1.36. The first-order valence-electron chi connectivity index (χ1n) is 6.97. The van der Waals surface area contributed by atoms with E-state index < -0.39 is 11.4 Å². The minimum Gasteiger partial charge on any atom is -0.368 e. The van der Waals surface area contributed by atoms with Crippen molar-refractivity contribution in [1.82, 2.24) is 5.32 Å². The summed E-state index contributed by atoms with van der Waals surface area (Å²) in [6.07, 6.45) is 2.64. The number of aryl methyl sites for hydroxylation is 1. The molecule has 0 aliphatic heterocycles. The molecule has 1 aromatic heterocycles. The molecule has 0 aromatic carbocycles. The standard InChI is InChI=1S/C15H24N2O2S/c1-11(2)10-15(3,14(16)19)17-13(18)8-4-6-12-7-5-9-20-12/h5,7,9,11H,4,6,8,10H2,1-3H3,(H2,16,19)(H,17,18). The van der Waals surface area contributed by atoms with Crippen LogP contribution in [0.1, 0.15) is 44.9 Å². The molecule has 5 heteroatoms. The summed E-state index contributed by atoms with van der Waals surface area (Å²) >= 11 is 1.70. The third-order valence-electron chi connectivity index (χ3n) is 3.18. The lowest BCUT2D eigenvalue weighted by atomic mass is 9.89. The van der Waals surface area contributed by atoms with Gasteiger partial charge in [-0.05, 0) is 43.6 Å². The number of nitrogens with two attached hydrogens (primary N) is 1. The molecule has 0 bridgehead atoms. The van der Waals surface area contributed by atoms with E-state index in [1.165, 1.54) is 4.88 Å². The number of thiophene rings is 1. The summed E-state index contributed by atoms with van der Waals surface area (Å²) in [7, 11) is 0. The molecule has 0 saturated carbocycles. The van der Waals surface area contributed by atoms with E-state index in [0.29, 0.717) is 18.8 Å². The van der Waals surface area contributed by atoms with Crippen LogP contribution in [0.4, 0.5) is 0 Å². The summed E-state index contributed by atoms with van der Waals surface area (Å²) in [5.41, 5.74) is 4.47. The zero-order valence-corrected chi connectivity index (χ0v) is 13.3. The molecule has 0 aliphatic rings. The van der Waals surface area contributed by atoms with Crippen molar-refractivity contribution in [3.8, 4) is 0 Å². The first-order valence-corrected chi connectivity index (χ1v) is 7.85. The van der Waals surface area contributed by atoms with Crippen molar-refractivity contribution >= 4 is 23.2 Å². The molecule has 4 nitrogen and oxygen atoms in total. The average Bonchev–Trinajstić information content (AvgIpc) is 2.80. The smallest absolute Gasteiger partial charge is 0.242 e. The van der Waals surface area contributed by atoms with Gasteiger partial charge in [-0.15, -0.1) is 11.3 Å². The van der Waals surface area contributed by atoms with Crippen molar-refractivity contribution in [3.63, 3.8) is 0 Å². The first kappa shape index (κ1) is 16.7. The molecule has 1 atom stereocenters. The maximum absolute atomic E-state index is 12.0. The second-order valence-corrected chi connectivity index (χ2v) is 6.81. The number of carbonyl (C=O) groups excluding carboxylic acids is 2. The molecule has 3 N–H and O–H groups in total. The molecule has 0 saturated heterocycles. The number of primary amides is 1. The molecule has 1 aromatic rings. The second kappa shape index (κ2) is 7.43. The molecule has 1 unspecified atom stereocenters. The van der Waals surface area contributed by atoms with Crippen molar-refractivity contribution in [1.29, 1.82) is 0 Å². The molecule has 1 heterocycles. The molecule has 20 heavy (non-hydrogen) atoms. The molecule has 112 valence electrons. The lowest BCUT2D eigenvalue weighted by Crippen LogP contribution is -2.56. The van der Waals surface area contributed by atoms with Gasteiger partial charge in [0, 0.05) is 11.3 Å². The van der Waals surface area contributed by atoms with E-state index in [-0.39, 0.29) is 5.91 Å². The Morgan fingerprint density at radius 2 is 2.15 bits per heavy atom. The van der Waals surface area contributed by atoms with Gasteiger partial charge in [0.25, 0.3) is 0 Å². The van der Waals surface area contributed by atoms with Gasteiger partial charge in [0.15, 0.2) is 0 Å². The van der Waals surface area contributed by atoms with E-state index in [9.17, 15) is 9.59 Å². The predicted molar refractivity (Wildman–Crippen MR) is 82.5 cm³/mol. The number of hydrogen-bond acceptors (Lipinski definition) is 3. The van der Waals surface area contributed by atoms with Crippen LogP contribution in [-0.2, 0) is 16.0 Å². The lowest BCUT2D eigenvalue weighted by Gasteiger charge is -2.29. The predicted octanol–water partition coefficient (Wildman–Crippen LogP) is 2.48. The Morgan fingerprint density at radius 1 is 1.45 bits per heavy atom. The Balaban J connectivity index is 2.43. The molecule has 0 spiro atoms. The van der Waals surface area contributed by atoms with Gasteiger partial charge in [-0.2, -0.15) is 0 Å². The quantitative estimate of drug-likeness (QED) is 0.773. The summed E-state index contributed by atoms with van der Waals surface area (Å²) in [5, 5.41) is 4.82. The number of nitrogens with one attached hydrogen (secondary N) is 1. The van der Waals surface area contributed by atoms with Gasteiger partial charge in [-0.25, -0.2) is 0 Å². The fraction of sp³-hybridized carbons (Fsp3) is 0.600. The summed E-state index contributed by atoms with van der Waals surface area (Å²) < 4.78 is 0. The van der Waals surface area contributed by atoms with Crippen LogP contribution < -0.4 is 11.1 Å². The molecule has 0 radical (unpaired) electrons. The highest BCUT2D eigenvalue weighted by Crippen LogP contribution is 2.17. The highest BCUT2D eigenvalue weighted by molar-refractivity contribution is 7.09. The Bertz CT molecular complexity index is 443. The monoisotopic (exact) mass is 296 g/mol. The summed E-state index contributed by atoms with van der Waals surface area (Å²) in [5.74, 6) is -0.291. The zero-order chi connectivity index (χ0) is 15.2. The fourth-order valence-electron chi connectivity index (χ4n) is 2.28. The van der Waals surface area contributed by atoms with Gasteiger partial charge in [-0.3, -0.25) is 9.59 Å². The topological polar surface area (TPSA) is 72.2 Å². The van der Waals surface area contributed by atoms with Crippen molar-refractivity contribution in [2.75, 3.05) is 0 Å². The Morgan fingerprint density at radius 3 is 2.65 bits per heavy atom. The molecule has 1 rings (SSSR count). The van der Waals surface area contributed by atoms with Crippen LogP contribution in [0.25, 0.3) is 0 Å². The van der Waals surface area contributed by atoms with Crippen LogP contribution in [0.3, 0.4) is 0 Å². The maximum atomic E-state index is 12.0. The van der Waals surface area contributed by atoms with E-state index in [1.807, 2.05) is 25.3 Å². The van der Waals surface area contributed by atoms with Crippen molar-refractivity contribution < 1.29 is 9.59 Å². The Labute approximate surface area is 124 Å². The summed E-state index contributed by atoms with van der Waals surface area (Å²) in [6.45, 7) is 5.71. The van der Waals surface area contributed by atoms with Crippen LogP contribution in [-0.4, -0.2) is 17.4 Å². The SMILES string of the molecule is CC(C)CC(C)(NC(=O)CCCc1cccs1)C(N)=O. The third-order valence-corrected chi connectivity index (χ3v) is 4.12. The molecular formula is C15H24N2O2S. The van der Waals surface area contributed by atoms with Gasteiger partial charge >= 0.3 is 0 Å². The van der Waals surface area contributed by atoms with Crippen molar-refractivity contribution in [2.45, 2.75) is 52.0 Å². The first-order chi connectivity index (χ1) is 9.33. The molecule has 0 aliphatic carbocycles. The third kappa shape index (κ3) is 5.33. The van der Waals surface area contributed by atoms with E-state index in [4.69, 9.17) is 5.73 Å². The highest BCUT2D eigenvalue weighted by atomic mass is 32.1. The number of carbonyl (C=O) groups is 2. The zero-order valence-electron chi connectivity index (χ0n) is 12.4. The molecular weight excluding hydrogens is 272 g/mol. The molecule has 2 amide bonds. The molecule has 0 fully saturated rings. The normalized spacial score (nSPS) is 14.0. The van der Waals surface area contributed by atoms with Crippen molar-refractivity contribution in [3.05, 3.63) is 22.4 Å². The highest BCUT2D eigenvalue weighted by Gasteiger charge is 2.33. The lowest BCUT2D eigenvalue weighted by molar-refractivity contribution is -0.131. The fourth-order valence-corrected chi connectivity index (χ4v) is 3.03. The van der Waals surface area contributed by atoms with Crippen LogP contribution in [0, 0.1) is 5.92 Å².